The van der Waals surface area contributed by atoms with Crippen LogP contribution in [0.4, 0.5) is 9.52 Å². The zero-order chi connectivity index (χ0) is 17.6. The molecule has 1 fully saturated rings. The molecule has 0 aliphatic carbocycles. The SMILES string of the molecule is Cc1cc(C(=O)N2CCN(c3nc4c(F)cccc4s3)CC2)c(C)o1. The van der Waals surface area contributed by atoms with E-state index in [0.717, 1.165) is 15.6 Å². The number of para-hydroxylation sites is 1. The molecular weight excluding hydrogens is 341 g/mol. The molecule has 0 unspecified atom stereocenters. The number of hydrogen-bond donors (Lipinski definition) is 0. The van der Waals surface area contributed by atoms with Crippen LogP contribution in [0.1, 0.15) is 21.9 Å². The van der Waals surface area contributed by atoms with E-state index in [4.69, 9.17) is 4.42 Å². The Labute approximate surface area is 148 Å². The van der Waals surface area contributed by atoms with E-state index in [-0.39, 0.29) is 11.7 Å². The number of nitrogens with zero attached hydrogens (tertiary/aromatic N) is 3. The number of halogens is 1. The Morgan fingerprint density at radius 1 is 1.24 bits per heavy atom. The number of hydrogen-bond acceptors (Lipinski definition) is 5. The third-order valence-electron chi connectivity index (χ3n) is 4.47. The molecule has 1 aromatic carbocycles. The average molecular weight is 359 g/mol. The highest BCUT2D eigenvalue weighted by atomic mass is 32.1. The summed E-state index contributed by atoms with van der Waals surface area (Å²) in [7, 11) is 0. The van der Waals surface area contributed by atoms with Crippen LogP contribution in [0.3, 0.4) is 0 Å². The highest BCUT2D eigenvalue weighted by Gasteiger charge is 2.26. The first-order valence-corrected chi connectivity index (χ1v) is 9.01. The first-order valence-electron chi connectivity index (χ1n) is 8.19. The summed E-state index contributed by atoms with van der Waals surface area (Å²) in [5, 5.41) is 0.808. The van der Waals surface area contributed by atoms with Crippen molar-refractivity contribution in [3.8, 4) is 0 Å². The van der Waals surface area contributed by atoms with Crippen LogP contribution < -0.4 is 4.90 Å². The molecule has 1 aliphatic rings. The zero-order valence-corrected chi connectivity index (χ0v) is 14.9. The van der Waals surface area contributed by atoms with Gasteiger partial charge in [-0.1, -0.05) is 17.4 Å². The van der Waals surface area contributed by atoms with E-state index in [0.29, 0.717) is 43.0 Å². The number of aromatic nitrogens is 1. The Balaban J connectivity index is 1.48. The smallest absolute Gasteiger partial charge is 0.257 e. The van der Waals surface area contributed by atoms with Gasteiger partial charge < -0.3 is 14.2 Å². The molecule has 0 saturated carbocycles. The van der Waals surface area contributed by atoms with Crippen molar-refractivity contribution in [2.75, 3.05) is 31.1 Å². The highest BCUT2D eigenvalue weighted by molar-refractivity contribution is 7.22. The molecule has 3 aromatic rings. The van der Waals surface area contributed by atoms with Crippen molar-refractivity contribution < 1.29 is 13.6 Å². The monoisotopic (exact) mass is 359 g/mol. The third kappa shape index (κ3) is 2.89. The number of anilines is 1. The Morgan fingerprint density at radius 3 is 2.64 bits per heavy atom. The van der Waals surface area contributed by atoms with Gasteiger partial charge in [-0.2, -0.15) is 0 Å². The maximum atomic E-state index is 13.8. The molecule has 0 N–H and O–H groups in total. The van der Waals surface area contributed by atoms with Crippen LogP contribution in [0.25, 0.3) is 10.2 Å². The maximum absolute atomic E-state index is 13.8. The number of aryl methyl sites for hydroxylation is 2. The third-order valence-corrected chi connectivity index (χ3v) is 5.55. The standard InChI is InChI=1S/C18H18FN3O2S/c1-11-10-13(12(2)24-11)17(23)21-6-8-22(9-7-21)18-20-16-14(19)4-3-5-15(16)25-18/h3-5,10H,6-9H2,1-2H3. The van der Waals surface area contributed by atoms with Crippen LogP contribution in [0.5, 0.6) is 0 Å². The van der Waals surface area contributed by atoms with Crippen LogP contribution in [-0.4, -0.2) is 42.0 Å². The molecule has 7 heteroatoms. The molecule has 4 rings (SSSR count). The number of carbonyl (C=O) groups is 1. The number of carbonyl (C=O) groups excluding carboxylic acids is 1. The number of fused-ring (bicyclic) bond motifs is 1. The number of piperazine rings is 1. The summed E-state index contributed by atoms with van der Waals surface area (Å²) in [5.74, 6) is 1.12. The Hall–Kier alpha value is -2.41. The van der Waals surface area contributed by atoms with Gasteiger partial charge in [0.15, 0.2) is 5.13 Å². The van der Waals surface area contributed by atoms with Crippen molar-refractivity contribution in [3.63, 3.8) is 0 Å². The van der Waals surface area contributed by atoms with Gasteiger partial charge in [0.25, 0.3) is 5.91 Å². The lowest BCUT2D eigenvalue weighted by molar-refractivity contribution is 0.0745. The molecule has 1 saturated heterocycles. The van der Waals surface area contributed by atoms with E-state index < -0.39 is 0 Å². The first-order chi connectivity index (χ1) is 12.0. The molecule has 5 nitrogen and oxygen atoms in total. The number of thiazole rings is 1. The van der Waals surface area contributed by atoms with Gasteiger partial charge in [0.1, 0.15) is 22.9 Å². The van der Waals surface area contributed by atoms with Gasteiger partial charge in [0.05, 0.1) is 10.3 Å². The largest absolute Gasteiger partial charge is 0.466 e. The second-order valence-electron chi connectivity index (χ2n) is 6.19. The minimum atomic E-state index is -0.292. The summed E-state index contributed by atoms with van der Waals surface area (Å²) >= 11 is 1.49. The summed E-state index contributed by atoms with van der Waals surface area (Å²) in [6.45, 7) is 6.24. The molecule has 0 spiro atoms. The lowest BCUT2D eigenvalue weighted by atomic mass is 10.2. The van der Waals surface area contributed by atoms with Gasteiger partial charge in [0, 0.05) is 26.2 Å². The maximum Gasteiger partial charge on any atom is 0.257 e. The molecule has 130 valence electrons. The number of rotatable bonds is 2. The molecule has 0 bridgehead atoms. The topological polar surface area (TPSA) is 49.6 Å². The molecule has 3 heterocycles. The van der Waals surface area contributed by atoms with Crippen molar-refractivity contribution >= 4 is 32.6 Å². The molecule has 1 amide bonds. The summed E-state index contributed by atoms with van der Waals surface area (Å²) in [6, 6.07) is 6.80. The number of furan rings is 1. The van der Waals surface area contributed by atoms with Crippen molar-refractivity contribution in [2.45, 2.75) is 13.8 Å². The number of amides is 1. The molecule has 2 aromatic heterocycles. The molecule has 25 heavy (non-hydrogen) atoms. The molecule has 1 aliphatic heterocycles. The predicted molar refractivity (Wildman–Crippen MR) is 95.9 cm³/mol. The quantitative estimate of drug-likeness (QED) is 0.701. The van der Waals surface area contributed by atoms with Crippen LogP contribution in [-0.2, 0) is 0 Å². The fourth-order valence-electron chi connectivity index (χ4n) is 3.15. The lowest BCUT2D eigenvalue weighted by Gasteiger charge is -2.34. The van der Waals surface area contributed by atoms with Gasteiger partial charge >= 0.3 is 0 Å². The van der Waals surface area contributed by atoms with Gasteiger partial charge in [0.2, 0.25) is 0 Å². The summed E-state index contributed by atoms with van der Waals surface area (Å²) < 4.78 is 20.1. The summed E-state index contributed by atoms with van der Waals surface area (Å²) in [4.78, 5) is 21.0. The van der Waals surface area contributed by atoms with Crippen LogP contribution in [0, 0.1) is 19.7 Å². The molecule has 0 radical (unpaired) electrons. The normalized spacial score (nSPS) is 15.2. The van der Waals surface area contributed by atoms with Crippen molar-refractivity contribution in [1.29, 1.82) is 0 Å². The van der Waals surface area contributed by atoms with Gasteiger partial charge in [-0.3, -0.25) is 4.79 Å². The Morgan fingerprint density at radius 2 is 2.00 bits per heavy atom. The van der Waals surface area contributed by atoms with E-state index in [2.05, 4.69) is 9.88 Å². The minimum absolute atomic E-state index is 0.00402. The van der Waals surface area contributed by atoms with E-state index >= 15 is 0 Å². The second kappa shape index (κ2) is 6.15. The van der Waals surface area contributed by atoms with E-state index in [1.807, 2.05) is 24.8 Å². The predicted octanol–water partition coefficient (Wildman–Crippen LogP) is 3.61. The van der Waals surface area contributed by atoms with Gasteiger partial charge in [-0.25, -0.2) is 9.37 Å². The zero-order valence-electron chi connectivity index (χ0n) is 14.1. The van der Waals surface area contributed by atoms with Crippen molar-refractivity contribution in [2.24, 2.45) is 0 Å². The van der Waals surface area contributed by atoms with E-state index in [9.17, 15) is 9.18 Å². The van der Waals surface area contributed by atoms with E-state index in [1.54, 1.807) is 12.1 Å². The molecule has 0 atom stereocenters. The highest BCUT2D eigenvalue weighted by Crippen LogP contribution is 2.30. The summed E-state index contributed by atoms with van der Waals surface area (Å²) in [6.07, 6.45) is 0. The number of benzene rings is 1. The van der Waals surface area contributed by atoms with Gasteiger partial charge in [-0.05, 0) is 32.0 Å². The first kappa shape index (κ1) is 16.1. The Bertz CT molecular complexity index is 941. The van der Waals surface area contributed by atoms with Crippen LogP contribution >= 0.6 is 11.3 Å². The fourth-order valence-corrected chi connectivity index (χ4v) is 4.18. The minimum Gasteiger partial charge on any atom is -0.466 e. The molecular formula is C18H18FN3O2S. The second-order valence-corrected chi connectivity index (χ2v) is 7.20. The lowest BCUT2D eigenvalue weighted by Crippen LogP contribution is -2.48. The Kier molecular flexibility index (Phi) is 3.95. The van der Waals surface area contributed by atoms with E-state index in [1.165, 1.54) is 17.4 Å². The average Bonchev–Trinajstić information content (AvgIpc) is 3.18. The van der Waals surface area contributed by atoms with Crippen LogP contribution in [0.15, 0.2) is 28.7 Å². The fraction of sp³-hybridized carbons (Fsp3) is 0.333. The van der Waals surface area contributed by atoms with Crippen LogP contribution in [0.2, 0.25) is 0 Å². The van der Waals surface area contributed by atoms with Crippen molar-refractivity contribution in [3.05, 3.63) is 47.2 Å². The summed E-state index contributed by atoms with van der Waals surface area (Å²) in [5.41, 5.74) is 1.05. The van der Waals surface area contributed by atoms with Gasteiger partial charge in [-0.15, -0.1) is 0 Å². The van der Waals surface area contributed by atoms with Crippen molar-refractivity contribution in [1.82, 2.24) is 9.88 Å².